The maximum absolute atomic E-state index is 11.3. The minimum absolute atomic E-state index is 0.0745. The van der Waals surface area contributed by atoms with Crippen LogP contribution in [0.4, 0.5) is 0 Å². The first-order valence-electron chi connectivity index (χ1n) is 4.03. The maximum atomic E-state index is 11.3. The van der Waals surface area contributed by atoms with Crippen molar-refractivity contribution in [2.75, 3.05) is 25.2 Å². The van der Waals surface area contributed by atoms with E-state index in [1.54, 1.807) is 0 Å². The number of terminal acetylenes is 1. The molecule has 1 aliphatic rings. The van der Waals surface area contributed by atoms with Gasteiger partial charge in [0.2, 0.25) is 0 Å². The second kappa shape index (κ2) is 4.64. The van der Waals surface area contributed by atoms with Gasteiger partial charge in [0.25, 0.3) is 0 Å². The molecule has 86 valence electrons. The van der Waals surface area contributed by atoms with E-state index >= 15 is 0 Å². The van der Waals surface area contributed by atoms with E-state index in [0.717, 1.165) is 0 Å². The van der Waals surface area contributed by atoms with Gasteiger partial charge in [0.05, 0.1) is 12.4 Å². The summed E-state index contributed by atoms with van der Waals surface area (Å²) in [6, 6.07) is 0. The molecular formula is C7H11O6PS. The van der Waals surface area contributed by atoms with Crippen molar-refractivity contribution in [2.45, 2.75) is 6.10 Å². The molecule has 1 fully saturated rings. The summed E-state index contributed by atoms with van der Waals surface area (Å²) < 4.78 is 47.9. The molecule has 15 heavy (non-hydrogen) atoms. The summed E-state index contributed by atoms with van der Waals surface area (Å²) >= 11 is 0. The van der Waals surface area contributed by atoms with Crippen LogP contribution in [-0.4, -0.2) is 39.7 Å². The number of phosphoric ester groups is 1. The molecule has 1 aliphatic heterocycles. The maximum Gasteiger partial charge on any atom is 0.474 e. The highest BCUT2D eigenvalue weighted by atomic mass is 32.2. The van der Waals surface area contributed by atoms with Gasteiger partial charge in [0.15, 0.2) is 9.84 Å². The smallest absolute Gasteiger partial charge is 0.290 e. The largest absolute Gasteiger partial charge is 0.474 e. The lowest BCUT2D eigenvalue weighted by Crippen LogP contribution is -2.24. The third-order valence-electron chi connectivity index (χ3n) is 1.66. The zero-order chi connectivity index (χ0) is 11.5. The topological polar surface area (TPSA) is 78.9 Å². The van der Waals surface area contributed by atoms with Crippen LogP contribution in [-0.2, 0) is 28.0 Å². The molecule has 2 unspecified atom stereocenters. The van der Waals surface area contributed by atoms with E-state index in [9.17, 15) is 13.0 Å². The van der Waals surface area contributed by atoms with E-state index in [-0.39, 0.29) is 18.1 Å². The summed E-state index contributed by atoms with van der Waals surface area (Å²) in [5, 5.41) is 0. The summed E-state index contributed by atoms with van der Waals surface area (Å²) in [6.07, 6.45) is 4.10. The first-order valence-corrected chi connectivity index (χ1v) is 7.31. The van der Waals surface area contributed by atoms with Crippen LogP contribution in [0, 0.1) is 12.3 Å². The lowest BCUT2D eigenvalue weighted by atomic mass is 10.4. The second-order valence-corrected chi connectivity index (χ2v) is 6.75. The van der Waals surface area contributed by atoms with Crippen molar-refractivity contribution in [1.82, 2.24) is 0 Å². The number of hydrogen-bond donors (Lipinski definition) is 0. The van der Waals surface area contributed by atoms with Crippen molar-refractivity contribution >= 4 is 17.7 Å². The molecule has 0 radical (unpaired) electrons. The predicted octanol–water partition coefficient (Wildman–Crippen LogP) is 0.204. The molecule has 1 rings (SSSR count). The van der Waals surface area contributed by atoms with Crippen LogP contribution in [0.1, 0.15) is 0 Å². The van der Waals surface area contributed by atoms with Crippen molar-refractivity contribution in [3.63, 3.8) is 0 Å². The van der Waals surface area contributed by atoms with E-state index in [1.807, 2.05) is 5.92 Å². The molecule has 0 spiro atoms. The van der Waals surface area contributed by atoms with Crippen LogP contribution in [0.25, 0.3) is 0 Å². The molecule has 2 atom stereocenters. The van der Waals surface area contributed by atoms with Crippen LogP contribution in [0.3, 0.4) is 0 Å². The van der Waals surface area contributed by atoms with E-state index < -0.39 is 23.8 Å². The van der Waals surface area contributed by atoms with Gasteiger partial charge in [-0.25, -0.2) is 13.0 Å². The van der Waals surface area contributed by atoms with Crippen LogP contribution in [0.5, 0.6) is 0 Å². The summed E-state index contributed by atoms with van der Waals surface area (Å²) in [6.45, 7) is -0.0745. The van der Waals surface area contributed by atoms with E-state index in [1.165, 1.54) is 7.11 Å². The summed E-state index contributed by atoms with van der Waals surface area (Å²) in [7, 11) is -5.75. The normalized spacial score (nSPS) is 31.3. The SMILES string of the molecule is C#CCS(=O)(=O)CC1COP(=O)(OC)O1. The number of phosphoric acid groups is 1. The Morgan fingerprint density at radius 3 is 2.80 bits per heavy atom. The van der Waals surface area contributed by atoms with Gasteiger partial charge in [0.1, 0.15) is 11.9 Å². The van der Waals surface area contributed by atoms with Gasteiger partial charge in [0, 0.05) is 7.11 Å². The van der Waals surface area contributed by atoms with Gasteiger partial charge < -0.3 is 0 Å². The predicted molar refractivity (Wildman–Crippen MR) is 52.9 cm³/mol. The van der Waals surface area contributed by atoms with Gasteiger partial charge in [-0.2, -0.15) is 0 Å². The Bertz CT molecular complexity index is 408. The molecule has 1 heterocycles. The zero-order valence-electron chi connectivity index (χ0n) is 8.08. The quantitative estimate of drug-likeness (QED) is 0.527. The Hall–Kier alpha value is -0.380. The van der Waals surface area contributed by atoms with Gasteiger partial charge in [-0.1, -0.05) is 5.92 Å². The van der Waals surface area contributed by atoms with Crippen LogP contribution in [0.15, 0.2) is 0 Å². The summed E-state index contributed by atoms with van der Waals surface area (Å²) in [4.78, 5) is 0. The van der Waals surface area contributed by atoms with E-state index in [2.05, 4.69) is 4.52 Å². The Labute approximate surface area is 88.4 Å². The Morgan fingerprint density at radius 2 is 2.33 bits per heavy atom. The standard InChI is InChI=1S/C7H11O6PS/c1-3-4-15(9,10)6-7-5-12-14(8,11-2)13-7/h1,7H,4-6H2,2H3. The lowest BCUT2D eigenvalue weighted by Gasteiger charge is -2.08. The Morgan fingerprint density at radius 1 is 1.67 bits per heavy atom. The molecule has 0 aromatic rings. The van der Waals surface area contributed by atoms with Crippen molar-refractivity contribution in [2.24, 2.45) is 0 Å². The van der Waals surface area contributed by atoms with Gasteiger partial charge >= 0.3 is 7.82 Å². The van der Waals surface area contributed by atoms with Gasteiger partial charge in [-0.15, -0.1) is 6.42 Å². The van der Waals surface area contributed by atoms with E-state index in [0.29, 0.717) is 0 Å². The van der Waals surface area contributed by atoms with E-state index in [4.69, 9.17) is 15.5 Å². The number of hydrogen-bond acceptors (Lipinski definition) is 6. The highest BCUT2D eigenvalue weighted by Gasteiger charge is 2.39. The Balaban J connectivity index is 2.58. The first kappa shape index (κ1) is 12.7. The fourth-order valence-corrected chi connectivity index (χ4v) is 3.37. The molecule has 0 aromatic heterocycles. The average molecular weight is 254 g/mol. The minimum Gasteiger partial charge on any atom is -0.290 e. The molecule has 0 bridgehead atoms. The van der Waals surface area contributed by atoms with Crippen molar-refractivity contribution in [1.29, 1.82) is 0 Å². The minimum atomic E-state index is -3.53. The first-order chi connectivity index (χ1) is 6.91. The fourth-order valence-electron chi connectivity index (χ4n) is 1.06. The molecule has 0 saturated carbocycles. The molecule has 0 aromatic carbocycles. The van der Waals surface area contributed by atoms with Crippen LogP contribution in [0.2, 0.25) is 0 Å². The van der Waals surface area contributed by atoms with Gasteiger partial charge in [-0.3, -0.25) is 13.6 Å². The molecule has 8 heteroatoms. The van der Waals surface area contributed by atoms with Crippen LogP contribution >= 0.6 is 7.82 Å². The lowest BCUT2D eigenvalue weighted by molar-refractivity contribution is 0.207. The fraction of sp³-hybridized carbons (Fsp3) is 0.714. The van der Waals surface area contributed by atoms with Gasteiger partial charge in [-0.05, 0) is 0 Å². The molecular weight excluding hydrogens is 243 g/mol. The van der Waals surface area contributed by atoms with Crippen LogP contribution < -0.4 is 0 Å². The molecule has 0 N–H and O–H groups in total. The zero-order valence-corrected chi connectivity index (χ0v) is 9.79. The second-order valence-electron chi connectivity index (χ2n) is 2.91. The Kier molecular flexibility index (Phi) is 3.93. The third-order valence-corrected chi connectivity index (χ3v) is 4.62. The number of rotatable bonds is 4. The molecule has 0 aliphatic carbocycles. The highest BCUT2D eigenvalue weighted by molar-refractivity contribution is 7.91. The molecule has 0 amide bonds. The van der Waals surface area contributed by atoms with Crippen molar-refractivity contribution < 1.29 is 26.6 Å². The van der Waals surface area contributed by atoms with Crippen molar-refractivity contribution in [3.8, 4) is 12.3 Å². The summed E-state index contributed by atoms with van der Waals surface area (Å²) in [5.41, 5.74) is 0. The third kappa shape index (κ3) is 3.59. The monoisotopic (exact) mass is 254 g/mol. The number of sulfone groups is 1. The molecule has 6 nitrogen and oxygen atoms in total. The molecule has 1 saturated heterocycles. The summed E-state index contributed by atoms with van der Waals surface area (Å²) in [5.74, 6) is 1.35. The average Bonchev–Trinajstić information content (AvgIpc) is 2.47. The highest BCUT2D eigenvalue weighted by Crippen LogP contribution is 2.54. The van der Waals surface area contributed by atoms with Crippen molar-refractivity contribution in [3.05, 3.63) is 0 Å².